The molecule has 3 unspecified atom stereocenters. The summed E-state index contributed by atoms with van der Waals surface area (Å²) in [6.07, 6.45) is 3.06. The zero-order valence-electron chi connectivity index (χ0n) is 10.9. The molecule has 1 fully saturated rings. The minimum absolute atomic E-state index is 0.340. The molecule has 1 aromatic carbocycles. The van der Waals surface area contributed by atoms with Crippen LogP contribution in [0.2, 0.25) is 0 Å². The van der Waals surface area contributed by atoms with Crippen LogP contribution in [-0.4, -0.2) is 11.1 Å². The first kappa shape index (κ1) is 14.0. The first-order valence-corrected chi connectivity index (χ1v) is 6.70. The van der Waals surface area contributed by atoms with Crippen LogP contribution in [0.25, 0.3) is 0 Å². The van der Waals surface area contributed by atoms with Crippen molar-refractivity contribution in [1.29, 1.82) is 0 Å². The number of hydrogen-bond donors (Lipinski definition) is 1. The highest BCUT2D eigenvalue weighted by Gasteiger charge is 2.36. The van der Waals surface area contributed by atoms with Gasteiger partial charge < -0.3 is 5.11 Å². The molecule has 1 aromatic rings. The first-order valence-electron chi connectivity index (χ1n) is 6.70. The zero-order valence-corrected chi connectivity index (χ0v) is 10.9. The molecule has 0 bridgehead atoms. The second kappa shape index (κ2) is 5.68. The van der Waals surface area contributed by atoms with Crippen LogP contribution in [0.4, 0.5) is 8.78 Å². The van der Waals surface area contributed by atoms with E-state index in [0.717, 1.165) is 18.9 Å². The number of carboxylic acid groups (broad SMARTS) is 1. The van der Waals surface area contributed by atoms with Crippen LogP contribution < -0.4 is 0 Å². The molecule has 0 amide bonds. The maximum atomic E-state index is 13.9. The molecule has 3 atom stereocenters. The molecule has 1 saturated carbocycles. The Bertz CT molecular complexity index is 473. The average molecular weight is 268 g/mol. The molecular weight excluding hydrogens is 250 g/mol. The number of benzene rings is 1. The Labute approximate surface area is 111 Å². The van der Waals surface area contributed by atoms with Crippen molar-refractivity contribution in [2.45, 2.75) is 38.5 Å². The Balaban J connectivity index is 2.33. The van der Waals surface area contributed by atoms with Gasteiger partial charge in [0.2, 0.25) is 0 Å². The van der Waals surface area contributed by atoms with Gasteiger partial charge >= 0.3 is 5.97 Å². The van der Waals surface area contributed by atoms with Crippen molar-refractivity contribution in [3.8, 4) is 0 Å². The van der Waals surface area contributed by atoms with Gasteiger partial charge in [-0.25, -0.2) is 8.78 Å². The van der Waals surface area contributed by atoms with E-state index in [-0.39, 0.29) is 5.92 Å². The fourth-order valence-electron chi connectivity index (χ4n) is 3.07. The molecule has 0 radical (unpaired) electrons. The van der Waals surface area contributed by atoms with Crippen LogP contribution in [-0.2, 0) is 4.79 Å². The Morgan fingerprint density at radius 1 is 1.37 bits per heavy atom. The van der Waals surface area contributed by atoms with E-state index in [0.29, 0.717) is 24.3 Å². The van der Waals surface area contributed by atoms with Gasteiger partial charge in [-0.15, -0.1) is 0 Å². The molecule has 0 aromatic heterocycles. The third kappa shape index (κ3) is 2.94. The standard InChI is InChI=1S/C15H18F2O2/c1-2-9-3-5-12(15(18)19)13(7-9)11-6-4-10(16)8-14(11)17/h4,6,8-9,12-13H,2-3,5,7H2,1H3,(H,18,19). The Morgan fingerprint density at radius 2 is 2.11 bits per heavy atom. The molecular formula is C15H18F2O2. The summed E-state index contributed by atoms with van der Waals surface area (Å²) in [4.78, 5) is 11.3. The second-order valence-electron chi connectivity index (χ2n) is 5.30. The van der Waals surface area contributed by atoms with Gasteiger partial charge in [0.15, 0.2) is 0 Å². The molecule has 2 rings (SSSR count). The second-order valence-corrected chi connectivity index (χ2v) is 5.30. The minimum atomic E-state index is -0.886. The third-order valence-corrected chi connectivity index (χ3v) is 4.22. The average Bonchev–Trinajstić information content (AvgIpc) is 2.38. The van der Waals surface area contributed by atoms with Crippen LogP contribution in [0.1, 0.15) is 44.1 Å². The van der Waals surface area contributed by atoms with Crippen LogP contribution in [0.3, 0.4) is 0 Å². The quantitative estimate of drug-likeness (QED) is 0.901. The number of hydrogen-bond acceptors (Lipinski definition) is 1. The molecule has 1 N–H and O–H groups in total. The molecule has 19 heavy (non-hydrogen) atoms. The summed E-state index contributed by atoms with van der Waals surface area (Å²) in [5.74, 6) is -2.64. The van der Waals surface area contributed by atoms with Crippen molar-refractivity contribution >= 4 is 5.97 Å². The molecule has 2 nitrogen and oxygen atoms in total. The lowest BCUT2D eigenvalue weighted by molar-refractivity contribution is -0.144. The summed E-state index contributed by atoms with van der Waals surface area (Å²) in [7, 11) is 0. The molecule has 4 heteroatoms. The predicted octanol–water partition coefficient (Wildman–Crippen LogP) is 3.96. The van der Waals surface area contributed by atoms with E-state index in [2.05, 4.69) is 6.92 Å². The van der Waals surface area contributed by atoms with Gasteiger partial charge in [-0.3, -0.25) is 4.79 Å². The maximum Gasteiger partial charge on any atom is 0.307 e. The van der Waals surface area contributed by atoms with E-state index in [1.807, 2.05) is 0 Å². The van der Waals surface area contributed by atoms with Crippen LogP contribution >= 0.6 is 0 Å². The van der Waals surface area contributed by atoms with Crippen LogP contribution in [0.15, 0.2) is 18.2 Å². The summed E-state index contributed by atoms with van der Waals surface area (Å²) in [5, 5.41) is 9.28. The summed E-state index contributed by atoms with van der Waals surface area (Å²) in [6.45, 7) is 2.06. The Kier molecular flexibility index (Phi) is 4.17. The van der Waals surface area contributed by atoms with E-state index in [1.54, 1.807) is 0 Å². The third-order valence-electron chi connectivity index (χ3n) is 4.22. The van der Waals surface area contributed by atoms with Gasteiger partial charge in [-0.05, 0) is 36.8 Å². The smallest absolute Gasteiger partial charge is 0.307 e. The molecule has 1 aliphatic carbocycles. The molecule has 104 valence electrons. The lowest BCUT2D eigenvalue weighted by atomic mass is 9.70. The van der Waals surface area contributed by atoms with Gasteiger partial charge in [0.25, 0.3) is 0 Å². The molecule has 1 aliphatic rings. The number of halogens is 2. The lowest BCUT2D eigenvalue weighted by Crippen LogP contribution is -2.29. The van der Waals surface area contributed by atoms with E-state index >= 15 is 0 Å². The van der Waals surface area contributed by atoms with Crippen LogP contribution in [0, 0.1) is 23.5 Å². The van der Waals surface area contributed by atoms with Crippen LogP contribution in [0.5, 0.6) is 0 Å². The normalized spacial score (nSPS) is 27.2. The fraction of sp³-hybridized carbons (Fsp3) is 0.533. The summed E-state index contributed by atoms with van der Waals surface area (Å²) in [5.41, 5.74) is 0.340. The Morgan fingerprint density at radius 3 is 2.68 bits per heavy atom. The maximum absolute atomic E-state index is 13.9. The molecule has 0 spiro atoms. The fourth-order valence-corrected chi connectivity index (χ4v) is 3.07. The molecule has 0 aliphatic heterocycles. The van der Waals surface area contributed by atoms with Gasteiger partial charge in [-0.2, -0.15) is 0 Å². The monoisotopic (exact) mass is 268 g/mol. The van der Waals surface area contributed by atoms with Crippen molar-refractivity contribution in [3.63, 3.8) is 0 Å². The van der Waals surface area contributed by atoms with Crippen molar-refractivity contribution in [3.05, 3.63) is 35.4 Å². The number of carbonyl (C=O) groups is 1. The predicted molar refractivity (Wildman–Crippen MR) is 67.9 cm³/mol. The highest BCUT2D eigenvalue weighted by atomic mass is 19.1. The first-order chi connectivity index (χ1) is 9.02. The summed E-state index contributed by atoms with van der Waals surface area (Å²) < 4.78 is 26.8. The van der Waals surface area contributed by atoms with Crippen molar-refractivity contribution in [1.82, 2.24) is 0 Å². The van der Waals surface area contributed by atoms with Crippen molar-refractivity contribution in [2.75, 3.05) is 0 Å². The highest BCUT2D eigenvalue weighted by molar-refractivity contribution is 5.71. The topological polar surface area (TPSA) is 37.3 Å². The van der Waals surface area contributed by atoms with Crippen molar-refractivity contribution in [2.24, 2.45) is 11.8 Å². The lowest BCUT2D eigenvalue weighted by Gasteiger charge is -2.34. The van der Waals surface area contributed by atoms with Gasteiger partial charge in [-0.1, -0.05) is 19.4 Å². The van der Waals surface area contributed by atoms with Gasteiger partial charge in [0.05, 0.1) is 5.92 Å². The van der Waals surface area contributed by atoms with E-state index in [9.17, 15) is 18.7 Å². The Hall–Kier alpha value is -1.45. The largest absolute Gasteiger partial charge is 0.481 e. The molecule has 0 saturated heterocycles. The van der Waals surface area contributed by atoms with E-state index in [1.165, 1.54) is 12.1 Å². The number of rotatable bonds is 3. The van der Waals surface area contributed by atoms with E-state index in [4.69, 9.17) is 0 Å². The SMILES string of the molecule is CCC1CCC(C(=O)O)C(c2ccc(F)cc2F)C1. The molecule has 0 heterocycles. The van der Waals surface area contributed by atoms with Gasteiger partial charge in [0.1, 0.15) is 11.6 Å². The number of aliphatic carboxylic acids is 1. The minimum Gasteiger partial charge on any atom is -0.481 e. The summed E-state index contributed by atoms with van der Waals surface area (Å²) >= 11 is 0. The summed E-state index contributed by atoms with van der Waals surface area (Å²) in [6, 6.07) is 3.43. The van der Waals surface area contributed by atoms with Gasteiger partial charge in [0, 0.05) is 12.0 Å². The highest BCUT2D eigenvalue weighted by Crippen LogP contribution is 2.42. The zero-order chi connectivity index (χ0) is 14.0. The van der Waals surface area contributed by atoms with E-state index < -0.39 is 23.5 Å². The number of carboxylic acids is 1. The van der Waals surface area contributed by atoms with Crippen molar-refractivity contribution < 1.29 is 18.7 Å².